The van der Waals surface area contributed by atoms with Crippen LogP contribution in [-0.4, -0.2) is 5.97 Å². The summed E-state index contributed by atoms with van der Waals surface area (Å²) in [4.78, 5) is 12.1. The lowest BCUT2D eigenvalue weighted by atomic mass is 10.1. The third-order valence-corrected chi connectivity index (χ3v) is 4.41. The van der Waals surface area contributed by atoms with Crippen LogP contribution in [0.5, 0.6) is 0 Å². The minimum atomic E-state index is -0.417. The molecule has 0 spiro atoms. The number of furan rings is 1. The molecule has 1 aliphatic rings. The van der Waals surface area contributed by atoms with Gasteiger partial charge in [-0.15, -0.1) is 0 Å². The molecule has 0 unspecified atom stereocenters. The standard InChI is InChI=1S/C21H12Cl2O3/c22-16-5-1-13(2-6-16)19-10-9-18(25-19)11-15-12-20(26-21(15)24)14-3-7-17(23)8-4-14/h1-12H/b15-11+. The first-order valence-electron chi connectivity index (χ1n) is 7.86. The molecule has 0 fully saturated rings. The van der Waals surface area contributed by atoms with Crippen molar-refractivity contribution in [3.8, 4) is 11.3 Å². The Hall–Kier alpha value is -2.75. The number of halogens is 2. The molecule has 0 N–H and O–H groups in total. The molecule has 26 heavy (non-hydrogen) atoms. The van der Waals surface area contributed by atoms with E-state index in [1.807, 2.05) is 18.2 Å². The first-order chi connectivity index (χ1) is 12.6. The van der Waals surface area contributed by atoms with Gasteiger partial charge in [0.15, 0.2) is 0 Å². The van der Waals surface area contributed by atoms with E-state index in [1.54, 1.807) is 54.6 Å². The van der Waals surface area contributed by atoms with Crippen LogP contribution in [0, 0.1) is 0 Å². The van der Waals surface area contributed by atoms with Crippen LogP contribution in [0.25, 0.3) is 23.2 Å². The zero-order chi connectivity index (χ0) is 18.1. The van der Waals surface area contributed by atoms with Crippen molar-refractivity contribution < 1.29 is 13.9 Å². The molecule has 0 saturated carbocycles. The largest absolute Gasteiger partial charge is 0.457 e. The van der Waals surface area contributed by atoms with Crippen molar-refractivity contribution in [2.45, 2.75) is 0 Å². The number of rotatable bonds is 3. The van der Waals surface area contributed by atoms with E-state index >= 15 is 0 Å². The van der Waals surface area contributed by atoms with Crippen LogP contribution in [0.2, 0.25) is 10.0 Å². The molecule has 0 aliphatic carbocycles. The van der Waals surface area contributed by atoms with E-state index in [2.05, 4.69) is 0 Å². The molecule has 2 aromatic carbocycles. The number of hydrogen-bond acceptors (Lipinski definition) is 3. The molecule has 2 heterocycles. The lowest BCUT2D eigenvalue weighted by molar-refractivity contribution is -0.130. The highest BCUT2D eigenvalue weighted by Gasteiger charge is 2.22. The van der Waals surface area contributed by atoms with Crippen LogP contribution < -0.4 is 0 Å². The molecule has 128 valence electrons. The molecule has 1 aromatic heterocycles. The molecule has 4 rings (SSSR count). The molecular weight excluding hydrogens is 371 g/mol. The van der Waals surface area contributed by atoms with Crippen molar-refractivity contribution in [2.24, 2.45) is 0 Å². The van der Waals surface area contributed by atoms with E-state index in [1.165, 1.54) is 0 Å². The SMILES string of the molecule is O=C1OC(c2ccc(Cl)cc2)=C/C1=C\c1ccc(-c2ccc(Cl)cc2)o1. The van der Waals surface area contributed by atoms with Gasteiger partial charge in [0.2, 0.25) is 0 Å². The summed E-state index contributed by atoms with van der Waals surface area (Å²) in [5.41, 5.74) is 2.12. The Kier molecular flexibility index (Phi) is 4.41. The molecule has 0 bridgehead atoms. The van der Waals surface area contributed by atoms with Crippen LogP contribution in [0.3, 0.4) is 0 Å². The second-order valence-corrected chi connectivity index (χ2v) is 6.59. The minimum Gasteiger partial charge on any atom is -0.457 e. The number of esters is 1. The Labute approximate surface area is 160 Å². The average Bonchev–Trinajstić information content (AvgIpc) is 3.24. The van der Waals surface area contributed by atoms with Gasteiger partial charge in [-0.1, -0.05) is 23.2 Å². The van der Waals surface area contributed by atoms with Crippen LogP contribution in [0.4, 0.5) is 0 Å². The second-order valence-electron chi connectivity index (χ2n) is 5.71. The first-order valence-corrected chi connectivity index (χ1v) is 8.61. The van der Waals surface area contributed by atoms with Crippen LogP contribution in [-0.2, 0) is 9.53 Å². The zero-order valence-corrected chi connectivity index (χ0v) is 14.9. The van der Waals surface area contributed by atoms with Gasteiger partial charge in [0, 0.05) is 21.2 Å². The summed E-state index contributed by atoms with van der Waals surface area (Å²) in [6, 6.07) is 18.1. The quantitative estimate of drug-likeness (QED) is 0.397. The van der Waals surface area contributed by atoms with Gasteiger partial charge in [0.1, 0.15) is 17.3 Å². The van der Waals surface area contributed by atoms with Crippen molar-refractivity contribution in [3.05, 3.63) is 93.7 Å². The Balaban J connectivity index is 1.61. The molecule has 3 aromatic rings. The highest BCUT2D eigenvalue weighted by Crippen LogP contribution is 2.30. The Bertz CT molecular complexity index is 1030. The molecule has 3 nitrogen and oxygen atoms in total. The highest BCUT2D eigenvalue weighted by molar-refractivity contribution is 6.30. The fourth-order valence-corrected chi connectivity index (χ4v) is 2.85. The fraction of sp³-hybridized carbons (Fsp3) is 0. The van der Waals surface area contributed by atoms with Gasteiger partial charge in [0.05, 0.1) is 5.57 Å². The summed E-state index contributed by atoms with van der Waals surface area (Å²) in [6.45, 7) is 0. The summed E-state index contributed by atoms with van der Waals surface area (Å²) in [7, 11) is 0. The van der Waals surface area contributed by atoms with E-state index in [9.17, 15) is 4.79 Å². The number of carbonyl (C=O) groups is 1. The van der Waals surface area contributed by atoms with E-state index in [0.717, 1.165) is 11.1 Å². The number of carbonyl (C=O) groups excluding carboxylic acids is 1. The third-order valence-electron chi connectivity index (χ3n) is 3.91. The van der Waals surface area contributed by atoms with Crippen LogP contribution >= 0.6 is 23.2 Å². The zero-order valence-electron chi connectivity index (χ0n) is 13.4. The van der Waals surface area contributed by atoms with Crippen molar-refractivity contribution in [1.29, 1.82) is 0 Å². The van der Waals surface area contributed by atoms with E-state index in [4.69, 9.17) is 32.4 Å². The molecule has 0 radical (unpaired) electrons. The maximum absolute atomic E-state index is 12.1. The van der Waals surface area contributed by atoms with E-state index in [0.29, 0.717) is 32.9 Å². The monoisotopic (exact) mass is 382 g/mol. The molecule has 0 amide bonds. The second kappa shape index (κ2) is 6.87. The molecule has 0 atom stereocenters. The molecule has 5 heteroatoms. The normalized spacial score (nSPS) is 15.2. The molecular formula is C21H12Cl2O3. The first kappa shape index (κ1) is 16.7. The van der Waals surface area contributed by atoms with Gasteiger partial charge >= 0.3 is 5.97 Å². The smallest absolute Gasteiger partial charge is 0.343 e. The maximum atomic E-state index is 12.1. The van der Waals surface area contributed by atoms with Gasteiger partial charge in [-0.25, -0.2) is 4.79 Å². The summed E-state index contributed by atoms with van der Waals surface area (Å²) in [5, 5.41) is 1.29. The topological polar surface area (TPSA) is 39.4 Å². The van der Waals surface area contributed by atoms with Crippen LogP contribution in [0.1, 0.15) is 11.3 Å². The van der Waals surface area contributed by atoms with Crippen molar-refractivity contribution >= 4 is 41.0 Å². The van der Waals surface area contributed by atoms with Crippen molar-refractivity contribution in [3.63, 3.8) is 0 Å². The molecule has 0 saturated heterocycles. The maximum Gasteiger partial charge on any atom is 0.343 e. The highest BCUT2D eigenvalue weighted by atomic mass is 35.5. The van der Waals surface area contributed by atoms with Crippen LogP contribution in [0.15, 0.2) is 76.7 Å². The number of hydrogen-bond donors (Lipinski definition) is 0. The number of ether oxygens (including phenoxy) is 1. The van der Waals surface area contributed by atoms with Crippen molar-refractivity contribution in [2.75, 3.05) is 0 Å². The Morgan fingerprint density at radius 3 is 2.04 bits per heavy atom. The summed E-state index contributed by atoms with van der Waals surface area (Å²) in [6.07, 6.45) is 3.35. The predicted octanol–water partition coefficient (Wildman–Crippen LogP) is 6.23. The Morgan fingerprint density at radius 1 is 0.769 bits per heavy atom. The summed E-state index contributed by atoms with van der Waals surface area (Å²) in [5.74, 6) is 1.33. The van der Waals surface area contributed by atoms with Gasteiger partial charge in [0.25, 0.3) is 0 Å². The minimum absolute atomic E-state index is 0.417. The fourth-order valence-electron chi connectivity index (χ4n) is 2.60. The lowest BCUT2D eigenvalue weighted by Gasteiger charge is -2.01. The average molecular weight is 383 g/mol. The van der Waals surface area contributed by atoms with Gasteiger partial charge < -0.3 is 9.15 Å². The predicted molar refractivity (Wildman–Crippen MR) is 103 cm³/mol. The summed E-state index contributed by atoms with van der Waals surface area (Å²) >= 11 is 11.8. The lowest BCUT2D eigenvalue weighted by Crippen LogP contribution is -1.96. The van der Waals surface area contributed by atoms with Gasteiger partial charge in [-0.3, -0.25) is 0 Å². The number of benzene rings is 2. The van der Waals surface area contributed by atoms with E-state index in [-0.39, 0.29) is 0 Å². The Morgan fingerprint density at radius 2 is 1.38 bits per heavy atom. The van der Waals surface area contributed by atoms with Crippen molar-refractivity contribution in [1.82, 2.24) is 0 Å². The molecule has 1 aliphatic heterocycles. The van der Waals surface area contributed by atoms with Gasteiger partial charge in [-0.2, -0.15) is 0 Å². The van der Waals surface area contributed by atoms with Gasteiger partial charge in [-0.05, 0) is 72.8 Å². The number of cyclic esters (lactones) is 1. The third kappa shape index (κ3) is 3.45. The summed E-state index contributed by atoms with van der Waals surface area (Å²) < 4.78 is 11.1. The van der Waals surface area contributed by atoms with E-state index < -0.39 is 5.97 Å².